The number of amides is 2. The van der Waals surface area contributed by atoms with Crippen LogP contribution in [0.2, 0.25) is 0 Å². The van der Waals surface area contributed by atoms with Crippen molar-refractivity contribution in [2.75, 3.05) is 26.8 Å². The Labute approximate surface area is 147 Å². The van der Waals surface area contributed by atoms with Crippen LogP contribution in [0, 0.1) is 0 Å². The maximum absolute atomic E-state index is 12.1. The molecule has 0 spiro atoms. The van der Waals surface area contributed by atoms with Crippen LogP contribution in [0.5, 0.6) is 5.75 Å². The molecule has 2 rings (SSSR count). The average molecular weight is 348 g/mol. The van der Waals surface area contributed by atoms with Crippen molar-refractivity contribution < 1.29 is 23.9 Å². The van der Waals surface area contributed by atoms with Gasteiger partial charge in [-0.3, -0.25) is 14.4 Å². The first-order valence-corrected chi connectivity index (χ1v) is 8.38. The Bertz CT molecular complexity index is 614. The predicted molar refractivity (Wildman–Crippen MR) is 91.3 cm³/mol. The van der Waals surface area contributed by atoms with Crippen LogP contribution < -0.4 is 10.1 Å². The predicted octanol–water partition coefficient (Wildman–Crippen LogP) is 1.37. The van der Waals surface area contributed by atoms with Gasteiger partial charge in [-0.2, -0.15) is 0 Å². The van der Waals surface area contributed by atoms with Crippen molar-refractivity contribution in [1.82, 2.24) is 10.2 Å². The summed E-state index contributed by atoms with van der Waals surface area (Å²) in [5.74, 6) is -0.584. The minimum absolute atomic E-state index is 0.176. The van der Waals surface area contributed by atoms with E-state index in [2.05, 4.69) is 5.32 Å². The maximum Gasteiger partial charge on any atom is 0.325 e. The summed E-state index contributed by atoms with van der Waals surface area (Å²) >= 11 is 0. The zero-order valence-corrected chi connectivity index (χ0v) is 14.6. The van der Waals surface area contributed by atoms with Crippen molar-refractivity contribution in [3.63, 3.8) is 0 Å². The molecule has 1 aliphatic heterocycles. The molecule has 25 heavy (non-hydrogen) atoms. The number of hydrogen-bond acceptors (Lipinski definition) is 5. The van der Waals surface area contributed by atoms with E-state index in [1.165, 1.54) is 7.11 Å². The molecular formula is C18H24N2O5. The van der Waals surface area contributed by atoms with Gasteiger partial charge in [0.2, 0.25) is 0 Å². The number of carbonyl (C=O) groups is 3. The lowest BCUT2D eigenvalue weighted by Gasteiger charge is -2.33. The van der Waals surface area contributed by atoms with Crippen molar-refractivity contribution in [1.29, 1.82) is 0 Å². The Morgan fingerprint density at radius 1 is 1.20 bits per heavy atom. The van der Waals surface area contributed by atoms with Crippen LogP contribution >= 0.6 is 0 Å². The Morgan fingerprint density at radius 3 is 2.56 bits per heavy atom. The number of methoxy groups -OCH3 is 1. The lowest BCUT2D eigenvalue weighted by atomic mass is 10.0. The number of esters is 1. The molecule has 0 radical (unpaired) electrons. The second kappa shape index (κ2) is 9.05. The van der Waals surface area contributed by atoms with Gasteiger partial charge in [0.05, 0.1) is 7.11 Å². The first kappa shape index (κ1) is 18.8. The minimum Gasteiger partial charge on any atom is -0.497 e. The third kappa shape index (κ3) is 5.48. The molecule has 1 N–H and O–H groups in total. The highest BCUT2D eigenvalue weighted by Crippen LogP contribution is 2.16. The summed E-state index contributed by atoms with van der Waals surface area (Å²) in [5, 5.41) is 2.47. The molecule has 136 valence electrons. The van der Waals surface area contributed by atoms with Crippen LogP contribution in [-0.2, 0) is 14.3 Å². The van der Waals surface area contributed by atoms with Crippen molar-refractivity contribution in [2.45, 2.75) is 32.2 Å². The highest BCUT2D eigenvalue weighted by atomic mass is 16.5. The van der Waals surface area contributed by atoms with Gasteiger partial charge in [-0.15, -0.1) is 0 Å². The molecule has 1 aromatic carbocycles. The van der Waals surface area contributed by atoms with Crippen molar-refractivity contribution in [3.05, 3.63) is 29.8 Å². The van der Waals surface area contributed by atoms with E-state index in [1.807, 2.05) is 6.92 Å². The number of piperidine rings is 1. The first-order valence-electron chi connectivity index (χ1n) is 8.38. The van der Waals surface area contributed by atoms with E-state index in [0.717, 1.165) is 19.3 Å². The highest BCUT2D eigenvalue weighted by Gasteiger charge is 2.23. The topological polar surface area (TPSA) is 84.9 Å². The van der Waals surface area contributed by atoms with Gasteiger partial charge in [0.15, 0.2) is 6.61 Å². The molecule has 7 heteroatoms. The quantitative estimate of drug-likeness (QED) is 0.785. The maximum atomic E-state index is 12.1. The third-order valence-electron chi connectivity index (χ3n) is 4.23. The summed E-state index contributed by atoms with van der Waals surface area (Å²) in [5.41, 5.74) is 0.409. The molecule has 7 nitrogen and oxygen atoms in total. The highest BCUT2D eigenvalue weighted by molar-refractivity contribution is 5.96. The number of nitrogens with one attached hydrogen (secondary N) is 1. The largest absolute Gasteiger partial charge is 0.497 e. The Balaban J connectivity index is 1.72. The molecule has 0 aromatic heterocycles. The fraction of sp³-hybridized carbons (Fsp3) is 0.500. The Kier molecular flexibility index (Phi) is 6.80. The standard InChI is InChI=1S/C18H24N2O5/c1-13-5-3-4-10-20(13)16(21)12-25-17(22)11-19-18(23)14-6-8-15(24-2)9-7-14/h6-9,13H,3-5,10-12H2,1-2H3,(H,19,23)/t13-/m1/s1. The van der Waals surface area contributed by atoms with Crippen LogP contribution in [0.15, 0.2) is 24.3 Å². The second-order valence-electron chi connectivity index (χ2n) is 6.00. The number of carbonyl (C=O) groups excluding carboxylic acids is 3. The number of ether oxygens (including phenoxy) is 2. The molecule has 1 saturated heterocycles. The number of nitrogens with zero attached hydrogens (tertiary/aromatic N) is 1. The van der Waals surface area contributed by atoms with Crippen molar-refractivity contribution in [3.8, 4) is 5.75 Å². The summed E-state index contributed by atoms with van der Waals surface area (Å²) in [6, 6.07) is 6.69. The number of benzene rings is 1. The molecule has 1 heterocycles. The SMILES string of the molecule is COc1ccc(C(=O)NCC(=O)OCC(=O)N2CCCC[C@H]2C)cc1. The van der Waals surface area contributed by atoms with E-state index in [0.29, 0.717) is 17.9 Å². The van der Waals surface area contributed by atoms with Gasteiger partial charge in [-0.05, 0) is 50.5 Å². The second-order valence-corrected chi connectivity index (χ2v) is 6.00. The Hall–Kier alpha value is -2.57. The van der Waals surface area contributed by atoms with Crippen molar-refractivity contribution in [2.24, 2.45) is 0 Å². The van der Waals surface area contributed by atoms with Gasteiger partial charge >= 0.3 is 5.97 Å². The molecule has 1 fully saturated rings. The Morgan fingerprint density at radius 2 is 1.92 bits per heavy atom. The molecule has 0 saturated carbocycles. The van der Waals surface area contributed by atoms with Gasteiger partial charge in [0, 0.05) is 18.2 Å². The lowest BCUT2D eigenvalue weighted by Crippen LogP contribution is -2.44. The monoisotopic (exact) mass is 348 g/mol. The number of rotatable bonds is 6. The number of hydrogen-bond donors (Lipinski definition) is 1. The van der Waals surface area contributed by atoms with Crippen LogP contribution in [0.1, 0.15) is 36.5 Å². The van der Waals surface area contributed by atoms with Crippen LogP contribution in [0.25, 0.3) is 0 Å². The van der Waals surface area contributed by atoms with E-state index in [4.69, 9.17) is 9.47 Å². The molecule has 1 atom stereocenters. The van der Waals surface area contributed by atoms with E-state index in [1.54, 1.807) is 29.2 Å². The van der Waals surface area contributed by atoms with Gasteiger partial charge in [0.25, 0.3) is 11.8 Å². The summed E-state index contributed by atoms with van der Waals surface area (Å²) in [6.07, 6.45) is 3.06. The zero-order valence-electron chi connectivity index (χ0n) is 14.6. The van der Waals surface area contributed by atoms with Crippen LogP contribution in [0.3, 0.4) is 0 Å². The fourth-order valence-electron chi connectivity index (χ4n) is 2.74. The molecule has 0 unspecified atom stereocenters. The smallest absolute Gasteiger partial charge is 0.325 e. The van der Waals surface area contributed by atoms with Crippen molar-refractivity contribution >= 4 is 17.8 Å². The molecule has 0 bridgehead atoms. The molecule has 1 aliphatic rings. The summed E-state index contributed by atoms with van der Waals surface area (Å²) in [7, 11) is 1.54. The number of likely N-dealkylation sites (tertiary alicyclic amines) is 1. The summed E-state index contributed by atoms with van der Waals surface area (Å²) in [4.78, 5) is 37.5. The first-order chi connectivity index (χ1) is 12.0. The zero-order chi connectivity index (χ0) is 18.2. The molecule has 1 aromatic rings. The summed E-state index contributed by atoms with van der Waals surface area (Å²) < 4.78 is 9.98. The van der Waals surface area contributed by atoms with Gasteiger partial charge in [0.1, 0.15) is 12.3 Å². The van der Waals surface area contributed by atoms with Gasteiger partial charge in [-0.25, -0.2) is 0 Å². The third-order valence-corrected chi connectivity index (χ3v) is 4.23. The normalized spacial score (nSPS) is 16.9. The van der Waals surface area contributed by atoms with E-state index < -0.39 is 11.9 Å². The molecular weight excluding hydrogens is 324 g/mol. The van der Waals surface area contributed by atoms with Crippen LogP contribution in [0.4, 0.5) is 0 Å². The molecule has 0 aliphatic carbocycles. The summed E-state index contributed by atoms with van der Waals surface area (Å²) in [6.45, 7) is 2.12. The van der Waals surface area contributed by atoms with Gasteiger partial charge < -0.3 is 19.7 Å². The average Bonchev–Trinajstić information content (AvgIpc) is 2.64. The minimum atomic E-state index is -0.639. The fourth-order valence-corrected chi connectivity index (χ4v) is 2.74. The van der Waals surface area contributed by atoms with Crippen LogP contribution in [-0.4, -0.2) is 55.5 Å². The van der Waals surface area contributed by atoms with E-state index in [-0.39, 0.29) is 25.1 Å². The van der Waals surface area contributed by atoms with E-state index >= 15 is 0 Å². The van der Waals surface area contributed by atoms with E-state index in [9.17, 15) is 14.4 Å². The lowest BCUT2D eigenvalue weighted by molar-refractivity contribution is -0.152. The molecule has 2 amide bonds. The van der Waals surface area contributed by atoms with Gasteiger partial charge in [-0.1, -0.05) is 0 Å².